The fourth-order valence-corrected chi connectivity index (χ4v) is 3.04. The number of benzene rings is 2. The number of hydrogen-bond donors (Lipinski definition) is 0. The van der Waals surface area contributed by atoms with Crippen molar-refractivity contribution in [2.75, 3.05) is 23.0 Å². The van der Waals surface area contributed by atoms with Gasteiger partial charge in [-0.05, 0) is 37.3 Å². The maximum absolute atomic E-state index is 12.4. The number of likely N-dealkylation sites (N-methyl/N-ethyl adjacent to an activating group) is 1. The maximum Gasteiger partial charge on any atom is 0.338 e. The number of amides is 3. The van der Waals surface area contributed by atoms with Crippen molar-refractivity contribution >= 4 is 35.1 Å². The first-order chi connectivity index (χ1) is 13.5. The average molecular weight is 380 g/mol. The molecular weight excluding hydrogens is 360 g/mol. The molecule has 3 amide bonds. The second kappa shape index (κ2) is 8.47. The van der Waals surface area contributed by atoms with Gasteiger partial charge in [0.1, 0.15) is 0 Å². The van der Waals surface area contributed by atoms with Crippen molar-refractivity contribution in [3.8, 4) is 0 Å². The molecule has 7 nitrogen and oxygen atoms in total. The lowest BCUT2D eigenvalue weighted by molar-refractivity contribution is -0.122. The zero-order valence-corrected chi connectivity index (χ0v) is 15.5. The van der Waals surface area contributed by atoms with Crippen molar-refractivity contribution < 1.29 is 23.9 Å². The summed E-state index contributed by atoms with van der Waals surface area (Å²) < 4.78 is 5.15. The highest BCUT2D eigenvalue weighted by Crippen LogP contribution is 2.23. The number of carbonyl (C=O) groups is 4. The minimum atomic E-state index is -0.696. The Kier molecular flexibility index (Phi) is 5.84. The zero-order chi connectivity index (χ0) is 20.1. The van der Waals surface area contributed by atoms with Gasteiger partial charge in [-0.25, -0.2) is 4.79 Å². The van der Waals surface area contributed by atoms with E-state index in [2.05, 4.69) is 0 Å². The Morgan fingerprint density at radius 2 is 1.68 bits per heavy atom. The first kappa shape index (κ1) is 19.3. The molecule has 144 valence electrons. The summed E-state index contributed by atoms with van der Waals surface area (Å²) in [5, 5.41) is 0. The average Bonchev–Trinajstić information content (AvgIpc) is 3.05. The second-order valence-electron chi connectivity index (χ2n) is 6.22. The maximum atomic E-state index is 12.4. The van der Waals surface area contributed by atoms with Gasteiger partial charge in [0.2, 0.25) is 11.8 Å². The monoisotopic (exact) mass is 380 g/mol. The molecule has 0 aliphatic carbocycles. The highest BCUT2D eigenvalue weighted by atomic mass is 16.5. The first-order valence-electron chi connectivity index (χ1n) is 8.99. The Morgan fingerprint density at radius 1 is 1.00 bits per heavy atom. The highest BCUT2D eigenvalue weighted by Gasteiger charge is 2.30. The van der Waals surface area contributed by atoms with E-state index < -0.39 is 12.6 Å². The van der Waals surface area contributed by atoms with Crippen LogP contribution in [0.15, 0.2) is 54.6 Å². The molecule has 0 radical (unpaired) electrons. The molecule has 1 aliphatic rings. The van der Waals surface area contributed by atoms with Gasteiger partial charge in [0.15, 0.2) is 6.61 Å². The Hall–Kier alpha value is -3.48. The van der Waals surface area contributed by atoms with E-state index in [1.807, 2.05) is 25.1 Å². The predicted molar refractivity (Wildman–Crippen MR) is 103 cm³/mol. The third-order valence-corrected chi connectivity index (χ3v) is 4.40. The summed E-state index contributed by atoms with van der Waals surface area (Å²) in [6, 6.07) is 15.2. The van der Waals surface area contributed by atoms with Crippen molar-refractivity contribution in [2.24, 2.45) is 0 Å². The number of carbonyl (C=O) groups excluding carboxylic acids is 4. The van der Waals surface area contributed by atoms with Crippen LogP contribution in [-0.2, 0) is 19.1 Å². The van der Waals surface area contributed by atoms with Crippen LogP contribution in [0.1, 0.15) is 30.1 Å². The van der Waals surface area contributed by atoms with E-state index in [1.54, 1.807) is 24.3 Å². The van der Waals surface area contributed by atoms with E-state index in [1.165, 1.54) is 17.0 Å². The van der Waals surface area contributed by atoms with E-state index in [-0.39, 0.29) is 36.1 Å². The minimum absolute atomic E-state index is 0.161. The lowest BCUT2D eigenvalue weighted by Gasteiger charge is -2.20. The molecular formula is C21H20N2O5. The van der Waals surface area contributed by atoms with Crippen LogP contribution in [0.4, 0.5) is 11.4 Å². The molecule has 0 saturated carbocycles. The van der Waals surface area contributed by atoms with Crippen LogP contribution < -0.4 is 9.80 Å². The van der Waals surface area contributed by atoms with Gasteiger partial charge in [-0.3, -0.25) is 19.3 Å². The number of imide groups is 1. The molecule has 1 heterocycles. The van der Waals surface area contributed by atoms with Crippen LogP contribution in [0.25, 0.3) is 0 Å². The summed E-state index contributed by atoms with van der Waals surface area (Å²) in [7, 11) is 0. The van der Waals surface area contributed by atoms with Crippen molar-refractivity contribution in [3.63, 3.8) is 0 Å². The fourth-order valence-electron chi connectivity index (χ4n) is 3.04. The molecule has 1 fully saturated rings. The number of anilines is 2. The van der Waals surface area contributed by atoms with Gasteiger partial charge in [-0.15, -0.1) is 0 Å². The number of esters is 1. The van der Waals surface area contributed by atoms with Gasteiger partial charge in [-0.1, -0.05) is 24.3 Å². The van der Waals surface area contributed by atoms with Crippen molar-refractivity contribution in [2.45, 2.75) is 19.8 Å². The SMILES string of the molecule is CCN(C(=O)COC(=O)c1cccc(N2C(=O)CCC2=O)c1)c1ccccc1. The second-order valence-corrected chi connectivity index (χ2v) is 6.22. The van der Waals surface area contributed by atoms with Crippen molar-refractivity contribution in [3.05, 3.63) is 60.2 Å². The molecule has 0 N–H and O–H groups in total. The normalized spacial score (nSPS) is 13.5. The van der Waals surface area contributed by atoms with Gasteiger partial charge in [-0.2, -0.15) is 0 Å². The Labute approximate surface area is 162 Å². The Balaban J connectivity index is 1.66. The molecule has 3 rings (SSSR count). The van der Waals surface area contributed by atoms with Crippen molar-refractivity contribution in [1.82, 2.24) is 0 Å². The quantitative estimate of drug-likeness (QED) is 0.568. The van der Waals surface area contributed by atoms with Gasteiger partial charge in [0, 0.05) is 25.1 Å². The minimum Gasteiger partial charge on any atom is -0.452 e. The van der Waals surface area contributed by atoms with Gasteiger partial charge in [0.25, 0.3) is 5.91 Å². The molecule has 2 aromatic carbocycles. The number of ether oxygens (including phenoxy) is 1. The Bertz CT molecular complexity index is 894. The van der Waals surface area contributed by atoms with Gasteiger partial charge < -0.3 is 9.64 Å². The molecule has 0 atom stereocenters. The summed E-state index contributed by atoms with van der Waals surface area (Å²) in [4.78, 5) is 51.1. The number of nitrogens with zero attached hydrogens (tertiary/aromatic N) is 2. The molecule has 0 bridgehead atoms. The van der Waals surface area contributed by atoms with E-state index in [4.69, 9.17) is 4.74 Å². The van der Waals surface area contributed by atoms with Crippen molar-refractivity contribution in [1.29, 1.82) is 0 Å². The smallest absolute Gasteiger partial charge is 0.338 e. The van der Waals surface area contributed by atoms with Crippen LogP contribution in [-0.4, -0.2) is 36.8 Å². The summed E-state index contributed by atoms with van der Waals surface area (Å²) in [6.07, 6.45) is 0.322. The fraction of sp³-hybridized carbons (Fsp3) is 0.238. The summed E-state index contributed by atoms with van der Waals surface area (Å²) in [5.41, 5.74) is 1.22. The van der Waals surface area contributed by atoms with E-state index in [9.17, 15) is 19.2 Å². The number of rotatable bonds is 6. The molecule has 0 unspecified atom stereocenters. The molecule has 2 aromatic rings. The topological polar surface area (TPSA) is 84.0 Å². The Morgan fingerprint density at radius 3 is 2.32 bits per heavy atom. The standard InChI is InChI=1S/C21H20N2O5/c1-2-22(16-8-4-3-5-9-16)20(26)14-28-21(27)15-7-6-10-17(13-15)23-18(24)11-12-19(23)25/h3-10,13H,2,11-12,14H2,1H3. The highest BCUT2D eigenvalue weighted by molar-refractivity contribution is 6.20. The molecule has 0 aromatic heterocycles. The van der Waals surface area contributed by atoms with Gasteiger partial charge >= 0.3 is 5.97 Å². The predicted octanol–water partition coefficient (Wildman–Crippen LogP) is 2.55. The summed E-state index contributed by atoms with van der Waals surface area (Å²) in [5.74, 6) is -1.64. The molecule has 0 spiro atoms. The third kappa shape index (κ3) is 4.09. The van der Waals surface area contributed by atoms with Crippen LogP contribution in [0, 0.1) is 0 Å². The third-order valence-electron chi connectivity index (χ3n) is 4.40. The molecule has 28 heavy (non-hydrogen) atoms. The zero-order valence-electron chi connectivity index (χ0n) is 15.5. The molecule has 1 saturated heterocycles. The van der Waals surface area contributed by atoms with Crippen LogP contribution in [0.3, 0.4) is 0 Å². The van der Waals surface area contributed by atoms with Crippen LogP contribution >= 0.6 is 0 Å². The lowest BCUT2D eigenvalue weighted by atomic mass is 10.2. The molecule has 7 heteroatoms. The van der Waals surface area contributed by atoms with Gasteiger partial charge in [0.05, 0.1) is 11.3 Å². The van der Waals surface area contributed by atoms with Crippen LogP contribution in [0.2, 0.25) is 0 Å². The summed E-state index contributed by atoms with van der Waals surface area (Å²) >= 11 is 0. The van der Waals surface area contributed by atoms with E-state index >= 15 is 0 Å². The van der Waals surface area contributed by atoms with E-state index in [0.29, 0.717) is 12.2 Å². The lowest BCUT2D eigenvalue weighted by Crippen LogP contribution is -2.34. The molecule has 1 aliphatic heterocycles. The number of hydrogen-bond acceptors (Lipinski definition) is 5. The number of para-hydroxylation sites is 1. The largest absolute Gasteiger partial charge is 0.452 e. The first-order valence-corrected chi connectivity index (χ1v) is 8.99. The van der Waals surface area contributed by atoms with Crippen LogP contribution in [0.5, 0.6) is 0 Å². The summed E-state index contributed by atoms with van der Waals surface area (Å²) in [6.45, 7) is 1.86. The van der Waals surface area contributed by atoms with E-state index in [0.717, 1.165) is 10.6 Å².